The maximum absolute atomic E-state index is 5.52. The van der Waals surface area contributed by atoms with Gasteiger partial charge in [0, 0.05) is 5.88 Å². The standard InChI is InChI=1S/C9H17Cl/c1-2-3-4-5-6-7-8-9-10/h4-5H,2-3,6-9H2,1H3/b5-4+. The molecule has 0 aliphatic heterocycles. The molecule has 0 unspecified atom stereocenters. The van der Waals surface area contributed by atoms with Crippen molar-refractivity contribution in [1.82, 2.24) is 0 Å². The lowest BCUT2D eigenvalue weighted by atomic mass is 10.2. The van der Waals surface area contributed by atoms with Crippen molar-refractivity contribution in [3.05, 3.63) is 12.2 Å². The Bertz CT molecular complexity index is 76.8. The third kappa shape index (κ3) is 8.03. The number of allylic oxidation sites excluding steroid dienone is 2. The van der Waals surface area contributed by atoms with Crippen LogP contribution in [0.2, 0.25) is 0 Å². The second-order valence-corrected chi connectivity index (χ2v) is 2.82. The van der Waals surface area contributed by atoms with Gasteiger partial charge in [0.2, 0.25) is 0 Å². The van der Waals surface area contributed by atoms with E-state index in [0.29, 0.717) is 0 Å². The van der Waals surface area contributed by atoms with Gasteiger partial charge in [0.15, 0.2) is 0 Å². The number of halogens is 1. The molecule has 0 aromatic rings. The molecule has 0 saturated carbocycles. The highest BCUT2D eigenvalue weighted by Crippen LogP contribution is 1.99. The average molecular weight is 161 g/mol. The van der Waals surface area contributed by atoms with E-state index in [4.69, 9.17) is 11.6 Å². The molecule has 0 saturated heterocycles. The van der Waals surface area contributed by atoms with E-state index in [2.05, 4.69) is 19.1 Å². The quantitative estimate of drug-likeness (QED) is 0.316. The summed E-state index contributed by atoms with van der Waals surface area (Å²) in [5.74, 6) is 0.807. The normalized spacial score (nSPS) is 11.0. The number of hydrogen-bond donors (Lipinski definition) is 0. The molecule has 1 heteroatoms. The zero-order chi connectivity index (χ0) is 7.66. The Kier molecular flexibility index (Phi) is 9.06. The van der Waals surface area contributed by atoms with Crippen molar-refractivity contribution in [3.8, 4) is 0 Å². The molecule has 0 aromatic carbocycles. The lowest BCUT2D eigenvalue weighted by Gasteiger charge is -1.89. The molecule has 0 fully saturated rings. The minimum Gasteiger partial charge on any atom is -0.127 e. The minimum absolute atomic E-state index is 0.807. The van der Waals surface area contributed by atoms with E-state index < -0.39 is 0 Å². The van der Waals surface area contributed by atoms with Crippen molar-refractivity contribution in [2.75, 3.05) is 5.88 Å². The highest BCUT2D eigenvalue weighted by atomic mass is 35.5. The number of alkyl halides is 1. The summed E-state index contributed by atoms with van der Waals surface area (Å²) in [5.41, 5.74) is 0. The molecule has 0 spiro atoms. The second kappa shape index (κ2) is 9.03. The summed E-state index contributed by atoms with van der Waals surface area (Å²) in [4.78, 5) is 0. The third-order valence-corrected chi connectivity index (χ3v) is 1.64. The van der Waals surface area contributed by atoms with Crippen LogP contribution < -0.4 is 0 Å². The lowest BCUT2D eigenvalue weighted by molar-refractivity contribution is 0.815. The van der Waals surface area contributed by atoms with Gasteiger partial charge in [0.25, 0.3) is 0 Å². The van der Waals surface area contributed by atoms with Crippen LogP contribution >= 0.6 is 11.6 Å². The zero-order valence-electron chi connectivity index (χ0n) is 6.78. The molecule has 0 N–H and O–H groups in total. The van der Waals surface area contributed by atoms with Gasteiger partial charge in [-0.2, -0.15) is 0 Å². The maximum Gasteiger partial charge on any atom is 0.0223 e. The smallest absolute Gasteiger partial charge is 0.0223 e. The Morgan fingerprint density at radius 2 is 1.80 bits per heavy atom. The van der Waals surface area contributed by atoms with Crippen LogP contribution in [-0.2, 0) is 0 Å². The first-order chi connectivity index (χ1) is 4.91. The molecule has 0 aromatic heterocycles. The van der Waals surface area contributed by atoms with Crippen molar-refractivity contribution in [2.45, 2.75) is 39.0 Å². The van der Waals surface area contributed by atoms with Gasteiger partial charge in [0.05, 0.1) is 0 Å². The van der Waals surface area contributed by atoms with Gasteiger partial charge in [-0.15, -0.1) is 11.6 Å². The molecular formula is C9H17Cl. The minimum atomic E-state index is 0.807. The van der Waals surface area contributed by atoms with E-state index in [1.54, 1.807) is 0 Å². The van der Waals surface area contributed by atoms with E-state index in [9.17, 15) is 0 Å². The summed E-state index contributed by atoms with van der Waals surface area (Å²) >= 11 is 5.52. The Morgan fingerprint density at radius 1 is 1.10 bits per heavy atom. The highest BCUT2D eigenvalue weighted by molar-refractivity contribution is 6.17. The zero-order valence-corrected chi connectivity index (χ0v) is 7.53. The Balaban J connectivity index is 2.88. The maximum atomic E-state index is 5.52. The van der Waals surface area contributed by atoms with Gasteiger partial charge in [0.1, 0.15) is 0 Å². The molecule has 10 heavy (non-hydrogen) atoms. The van der Waals surface area contributed by atoms with Crippen LogP contribution in [0.5, 0.6) is 0 Å². The van der Waals surface area contributed by atoms with Gasteiger partial charge >= 0.3 is 0 Å². The van der Waals surface area contributed by atoms with Crippen molar-refractivity contribution in [2.24, 2.45) is 0 Å². The van der Waals surface area contributed by atoms with Crippen LogP contribution in [0.4, 0.5) is 0 Å². The second-order valence-electron chi connectivity index (χ2n) is 2.44. The highest BCUT2D eigenvalue weighted by Gasteiger charge is 1.81. The fourth-order valence-corrected chi connectivity index (χ4v) is 0.948. The van der Waals surface area contributed by atoms with Crippen molar-refractivity contribution in [1.29, 1.82) is 0 Å². The fraction of sp³-hybridized carbons (Fsp3) is 0.778. The third-order valence-electron chi connectivity index (χ3n) is 1.38. The lowest BCUT2D eigenvalue weighted by Crippen LogP contribution is -1.73. The summed E-state index contributed by atoms with van der Waals surface area (Å²) in [6.45, 7) is 2.20. The Morgan fingerprint density at radius 3 is 2.40 bits per heavy atom. The molecule has 0 rings (SSSR count). The van der Waals surface area contributed by atoms with E-state index >= 15 is 0 Å². The van der Waals surface area contributed by atoms with Gasteiger partial charge in [-0.3, -0.25) is 0 Å². The summed E-state index contributed by atoms with van der Waals surface area (Å²) in [5, 5.41) is 0. The molecule has 0 atom stereocenters. The van der Waals surface area contributed by atoms with Crippen LogP contribution in [-0.4, -0.2) is 5.88 Å². The van der Waals surface area contributed by atoms with E-state index in [0.717, 1.165) is 12.3 Å². The predicted molar refractivity (Wildman–Crippen MR) is 48.6 cm³/mol. The molecular weight excluding hydrogens is 144 g/mol. The summed E-state index contributed by atoms with van der Waals surface area (Å²) < 4.78 is 0. The van der Waals surface area contributed by atoms with E-state index in [1.807, 2.05) is 0 Å². The molecule has 0 nitrogen and oxygen atoms in total. The summed E-state index contributed by atoms with van der Waals surface area (Å²) in [7, 11) is 0. The Labute approximate surface area is 69.3 Å². The molecule has 0 radical (unpaired) electrons. The van der Waals surface area contributed by atoms with Gasteiger partial charge in [-0.25, -0.2) is 0 Å². The molecule has 0 aliphatic rings. The van der Waals surface area contributed by atoms with Crippen LogP contribution in [0.25, 0.3) is 0 Å². The van der Waals surface area contributed by atoms with Crippen molar-refractivity contribution >= 4 is 11.6 Å². The Hall–Kier alpha value is 0.0300. The van der Waals surface area contributed by atoms with Crippen LogP contribution in [0.1, 0.15) is 39.0 Å². The first kappa shape index (κ1) is 10.0. The van der Waals surface area contributed by atoms with Crippen LogP contribution in [0.3, 0.4) is 0 Å². The molecule has 0 amide bonds. The largest absolute Gasteiger partial charge is 0.127 e. The molecule has 0 aliphatic carbocycles. The number of rotatable bonds is 6. The summed E-state index contributed by atoms with van der Waals surface area (Å²) in [6.07, 6.45) is 10.6. The van der Waals surface area contributed by atoms with Gasteiger partial charge in [-0.05, 0) is 25.7 Å². The van der Waals surface area contributed by atoms with Crippen molar-refractivity contribution in [3.63, 3.8) is 0 Å². The molecule has 0 bridgehead atoms. The number of unbranched alkanes of at least 4 members (excludes halogenated alkanes) is 3. The van der Waals surface area contributed by atoms with Gasteiger partial charge in [-0.1, -0.05) is 25.5 Å². The summed E-state index contributed by atoms with van der Waals surface area (Å²) in [6, 6.07) is 0. The van der Waals surface area contributed by atoms with E-state index in [-0.39, 0.29) is 0 Å². The van der Waals surface area contributed by atoms with Gasteiger partial charge < -0.3 is 0 Å². The molecule has 0 heterocycles. The van der Waals surface area contributed by atoms with Crippen LogP contribution in [0, 0.1) is 0 Å². The predicted octanol–water partition coefficient (Wildman–Crippen LogP) is 3.75. The van der Waals surface area contributed by atoms with Crippen molar-refractivity contribution < 1.29 is 0 Å². The fourth-order valence-electron chi connectivity index (χ4n) is 0.759. The molecule has 60 valence electrons. The first-order valence-corrected chi connectivity index (χ1v) is 4.66. The average Bonchev–Trinajstić information content (AvgIpc) is 1.97. The number of hydrogen-bond acceptors (Lipinski definition) is 0. The van der Waals surface area contributed by atoms with E-state index in [1.165, 1.54) is 25.7 Å². The first-order valence-electron chi connectivity index (χ1n) is 4.12. The topological polar surface area (TPSA) is 0 Å². The SMILES string of the molecule is CCC/C=C/CCCCCl. The monoisotopic (exact) mass is 160 g/mol. The van der Waals surface area contributed by atoms with Crippen LogP contribution in [0.15, 0.2) is 12.2 Å².